The molecule has 0 bridgehead atoms. The zero-order chi connectivity index (χ0) is 68.0. The molecule has 0 spiro atoms. The molecule has 0 fully saturated rings. The molecule has 390 valence electrons. The Morgan fingerprint density at radius 2 is 1.18 bits per heavy atom. The topological polar surface area (TPSA) is 35.9 Å². The van der Waals surface area contributed by atoms with Crippen LogP contribution >= 0.6 is 0 Å². The summed E-state index contributed by atoms with van der Waals surface area (Å²) in [5.74, 6) is 1.22. The van der Waals surface area contributed by atoms with Crippen molar-refractivity contribution in [3.63, 3.8) is 0 Å². The summed E-state index contributed by atoms with van der Waals surface area (Å²) in [4.78, 5) is 4.85. The van der Waals surface area contributed by atoms with Gasteiger partial charge in [-0.15, -0.1) is 29.7 Å². The molecule has 0 amide bonds. The standard InChI is InChI=1S/C74H56N4O.Pt/c1-46-20-15-21-47(2)69(46)51-40-64-57-28-11-12-30-60(57)71-56(50-24-9-8-10-25-50)31-18-32-61(71)62-33-19-34-63(70-48(3)22-16-23-49(70)4)72(62)77-45-76(67(41-51)73(64)77)53-26-17-27-54(43-53)79-55-36-37-59-58-29-13-14-35-65(58)78(66(59)44-55)68-42-52(38-39-75-68)74(5,6)7;/h8-42H,1-7H3;/q-2;/i1D3,2D3,3D3,4D3,8D,9D,10D,24D,25D;. The Morgan fingerprint density at radius 3 is 1.94 bits per heavy atom. The van der Waals surface area contributed by atoms with E-state index in [2.05, 4.69) is 49.9 Å². The third-order valence-corrected chi connectivity index (χ3v) is 14.9. The molecule has 80 heavy (non-hydrogen) atoms. The number of benzene rings is 10. The summed E-state index contributed by atoms with van der Waals surface area (Å²) in [5.41, 5.74) is 4.83. The van der Waals surface area contributed by atoms with Crippen LogP contribution in [0.5, 0.6) is 11.5 Å². The van der Waals surface area contributed by atoms with Gasteiger partial charge < -0.3 is 13.9 Å². The molecule has 10 aromatic carbocycles. The van der Waals surface area contributed by atoms with Crippen molar-refractivity contribution in [2.24, 2.45) is 0 Å². The quantitative estimate of drug-likeness (QED) is 0.118. The number of imidazole rings is 1. The van der Waals surface area contributed by atoms with Crippen molar-refractivity contribution in [2.75, 3.05) is 0 Å². The van der Waals surface area contributed by atoms with Crippen molar-refractivity contribution in [3.8, 4) is 95.5 Å². The van der Waals surface area contributed by atoms with Gasteiger partial charge in [-0.05, 0) is 163 Å². The second kappa shape index (κ2) is 19.8. The zero-order valence-electron chi connectivity index (χ0n) is 60.3. The van der Waals surface area contributed by atoms with Crippen LogP contribution in [0.15, 0.2) is 212 Å². The van der Waals surface area contributed by atoms with E-state index in [9.17, 15) is 2.74 Å². The van der Waals surface area contributed by atoms with Gasteiger partial charge >= 0.3 is 0 Å². The molecule has 0 N–H and O–H groups in total. The molecular weight excluding hydrogens is 1160 g/mol. The average molecular weight is 1230 g/mol. The second-order valence-electron chi connectivity index (χ2n) is 20.7. The maximum atomic E-state index is 9.41. The fourth-order valence-corrected chi connectivity index (χ4v) is 11.4. The van der Waals surface area contributed by atoms with Gasteiger partial charge in [0.25, 0.3) is 6.33 Å². The number of fused-ring (bicyclic) bond motifs is 10. The summed E-state index contributed by atoms with van der Waals surface area (Å²) in [7, 11) is 0. The maximum absolute atomic E-state index is 9.41. The van der Waals surface area contributed by atoms with Gasteiger partial charge in [-0.2, -0.15) is 18.2 Å². The van der Waals surface area contributed by atoms with E-state index in [1.54, 1.807) is 106 Å². The SMILES string of the molecule is [2H]c1c([2H])c([2H])c(-c2cccc3c2-c2ccccc2-c2cc(-c4c(C([2H])([2H])[2H])cccc4C([2H])([2H])[2H])cc4c2[n+]([c-]n4-c2[c-]c(Oc4[c-]c5c(cc4)c4ccccc4n5-c4cc(C(C)(C)C)ccn4)ccc2)-c2c-3cccc2-c2c(C([2H])([2H])[2H])cccc2C([2H])([2H])[2H])c([2H])c1[2H].[Pt]. The minimum Gasteiger partial charge on any atom is -0.510 e. The Labute approximate surface area is 506 Å². The first-order chi connectivity index (χ1) is 45.4. The number of ether oxygens (including phenoxy) is 1. The minimum absolute atomic E-state index is 0. The van der Waals surface area contributed by atoms with Crippen molar-refractivity contribution in [1.82, 2.24) is 14.1 Å². The van der Waals surface area contributed by atoms with E-state index in [-0.39, 0.29) is 105 Å². The summed E-state index contributed by atoms with van der Waals surface area (Å²) >= 11 is 0. The summed E-state index contributed by atoms with van der Waals surface area (Å²) < 4.78 is 165. The van der Waals surface area contributed by atoms with E-state index < -0.39 is 57.6 Å². The Kier molecular flexibility index (Phi) is 8.62. The normalized spacial score (nSPS) is 15.6. The Bertz CT molecular complexity index is 5310. The monoisotopic (exact) mass is 1230 g/mol. The Morgan fingerprint density at radius 1 is 0.525 bits per heavy atom. The van der Waals surface area contributed by atoms with Gasteiger partial charge in [0.2, 0.25) is 0 Å². The molecule has 13 aromatic rings. The first kappa shape index (κ1) is 34.9. The van der Waals surface area contributed by atoms with E-state index >= 15 is 0 Å². The van der Waals surface area contributed by atoms with Crippen LogP contribution in [0.2, 0.25) is 0 Å². The average Bonchev–Trinajstić information content (AvgIpc) is 1.60. The van der Waals surface area contributed by atoms with Crippen molar-refractivity contribution >= 4 is 32.8 Å². The molecule has 0 aliphatic carbocycles. The van der Waals surface area contributed by atoms with Crippen molar-refractivity contribution in [3.05, 3.63) is 259 Å². The number of rotatable bonds is 7. The molecule has 0 saturated heterocycles. The smallest absolute Gasteiger partial charge is 0.268 e. The van der Waals surface area contributed by atoms with E-state index in [1.807, 2.05) is 42.5 Å². The van der Waals surface area contributed by atoms with Crippen molar-refractivity contribution in [2.45, 2.75) is 53.6 Å². The minimum atomic E-state index is -2.90. The van der Waals surface area contributed by atoms with Gasteiger partial charge in [0.05, 0.1) is 23.6 Å². The molecule has 6 heteroatoms. The summed E-state index contributed by atoms with van der Waals surface area (Å²) in [6.07, 6.45) is 5.40. The molecule has 4 heterocycles. The van der Waals surface area contributed by atoms with Crippen LogP contribution in [0.3, 0.4) is 0 Å². The largest absolute Gasteiger partial charge is 0.510 e. The van der Waals surface area contributed by atoms with E-state index in [0.717, 1.165) is 21.9 Å². The zero-order valence-corrected chi connectivity index (χ0v) is 45.6. The van der Waals surface area contributed by atoms with Crippen LogP contribution in [0, 0.1) is 45.9 Å². The Hall–Kier alpha value is -8.89. The van der Waals surface area contributed by atoms with Gasteiger partial charge in [0, 0.05) is 60.7 Å². The number of aryl methyl sites for hydroxylation is 4. The summed E-state index contributed by atoms with van der Waals surface area (Å²) in [6.45, 7) is -5.12. The number of pyridine rings is 1. The van der Waals surface area contributed by atoms with Gasteiger partial charge in [0.15, 0.2) is 0 Å². The molecule has 1 aliphatic rings. The van der Waals surface area contributed by atoms with E-state index in [4.69, 9.17) is 30.3 Å². The van der Waals surface area contributed by atoms with E-state index in [1.165, 1.54) is 36.4 Å². The van der Waals surface area contributed by atoms with Crippen LogP contribution in [-0.4, -0.2) is 14.1 Å². The molecule has 3 aromatic heterocycles. The number of hydrogen-bond acceptors (Lipinski definition) is 2. The van der Waals surface area contributed by atoms with Crippen LogP contribution in [-0.2, 0) is 26.5 Å². The molecule has 1 aliphatic heterocycles. The molecule has 0 atom stereocenters. The molecular formula is C74H56N4OPt-2. The molecule has 0 unspecified atom stereocenters. The maximum Gasteiger partial charge on any atom is 0.268 e. The van der Waals surface area contributed by atoms with Gasteiger partial charge in [-0.25, -0.2) is 4.98 Å². The van der Waals surface area contributed by atoms with Crippen molar-refractivity contribution < 1.29 is 53.7 Å². The van der Waals surface area contributed by atoms with Crippen LogP contribution in [0.4, 0.5) is 0 Å². The van der Waals surface area contributed by atoms with Crippen molar-refractivity contribution in [1.29, 1.82) is 0 Å². The predicted octanol–water partition coefficient (Wildman–Crippen LogP) is 18.4. The third kappa shape index (κ3) is 8.34. The second-order valence-corrected chi connectivity index (χ2v) is 20.7. The van der Waals surface area contributed by atoms with Crippen LogP contribution < -0.4 is 9.30 Å². The fraction of sp³-hybridized carbons (Fsp3) is 0.108. The number of para-hydroxylation sites is 2. The number of hydrogen-bond donors (Lipinski definition) is 0. The van der Waals surface area contributed by atoms with E-state index in [0.29, 0.717) is 56.0 Å². The summed E-state index contributed by atoms with van der Waals surface area (Å²) in [5, 5.41) is 1.88. The molecule has 14 rings (SSSR count). The predicted molar refractivity (Wildman–Crippen MR) is 324 cm³/mol. The molecule has 5 nitrogen and oxygen atoms in total. The first-order valence-corrected chi connectivity index (χ1v) is 25.8. The van der Waals surface area contributed by atoms with Gasteiger partial charge in [-0.1, -0.05) is 178 Å². The van der Waals surface area contributed by atoms with Crippen LogP contribution in [0.1, 0.15) is 71.9 Å². The first-order valence-electron chi connectivity index (χ1n) is 34.3. The number of nitrogens with zero attached hydrogens (tertiary/aromatic N) is 4. The summed E-state index contributed by atoms with van der Waals surface area (Å²) in [6, 6.07) is 54.2. The molecule has 0 saturated carbocycles. The van der Waals surface area contributed by atoms with Crippen LogP contribution in [0.25, 0.3) is 117 Å². The fourth-order valence-electron chi connectivity index (χ4n) is 11.4. The molecule has 0 radical (unpaired) electrons. The van der Waals surface area contributed by atoms with Gasteiger partial charge in [0.1, 0.15) is 5.82 Å². The third-order valence-electron chi connectivity index (χ3n) is 14.9. The Balaban J connectivity index is 0.00000849. The van der Waals surface area contributed by atoms with Gasteiger partial charge in [-0.3, -0.25) is 4.57 Å². The number of aromatic nitrogens is 4.